The molecule has 13 heteroatoms. The highest BCUT2D eigenvalue weighted by Gasteiger charge is 2.34. The van der Waals surface area contributed by atoms with Gasteiger partial charge in [0.25, 0.3) is 5.91 Å². The standard InChI is InChI=1S/C25H28N4O9/c1-36-11-9-29(18(23(33)34)13-20(30)31)22(32)17-5-2-6-19-21(17)37-10-3-4-14-12-15(28-25(26)27)7-8-16(14)24(35)38-19/h2,5-8,12,18H,3-4,9-11,13H2,1H3,(H,30,31)(H,33,34)(H4,26,27,28)/t18-/m0/s1. The number of aliphatic carboxylic acids is 2. The summed E-state index contributed by atoms with van der Waals surface area (Å²) in [7, 11) is 1.36. The molecule has 0 aliphatic carbocycles. The average Bonchev–Trinajstić information content (AvgIpc) is 2.85. The van der Waals surface area contributed by atoms with Gasteiger partial charge in [0, 0.05) is 13.7 Å². The maximum Gasteiger partial charge on any atom is 0.343 e. The lowest BCUT2D eigenvalue weighted by Gasteiger charge is -2.29. The molecule has 6 N–H and O–H groups in total. The van der Waals surface area contributed by atoms with E-state index in [-0.39, 0.29) is 48.3 Å². The maximum atomic E-state index is 13.6. The first-order valence-electron chi connectivity index (χ1n) is 11.6. The molecule has 1 atom stereocenters. The molecule has 1 aliphatic rings. The van der Waals surface area contributed by atoms with Crippen LogP contribution in [0.2, 0.25) is 0 Å². The minimum absolute atomic E-state index is 0.0430. The number of nitrogens with two attached hydrogens (primary N) is 2. The predicted octanol–water partition coefficient (Wildman–Crippen LogP) is 1.15. The van der Waals surface area contributed by atoms with Gasteiger partial charge in [-0.05, 0) is 48.7 Å². The molecule has 0 aromatic heterocycles. The van der Waals surface area contributed by atoms with Crippen molar-refractivity contribution in [1.29, 1.82) is 0 Å². The van der Waals surface area contributed by atoms with Gasteiger partial charge < -0.3 is 40.8 Å². The van der Waals surface area contributed by atoms with Crippen LogP contribution in [0.25, 0.3) is 0 Å². The number of carbonyl (C=O) groups is 4. The third-order valence-electron chi connectivity index (χ3n) is 5.64. The van der Waals surface area contributed by atoms with Crippen molar-refractivity contribution in [3.8, 4) is 11.5 Å². The summed E-state index contributed by atoms with van der Waals surface area (Å²) in [4.78, 5) is 54.7. The number of ether oxygens (including phenoxy) is 3. The number of hydrogen-bond donors (Lipinski definition) is 4. The number of aliphatic imine (C=N–C) groups is 1. The molecule has 1 aliphatic heterocycles. The van der Waals surface area contributed by atoms with E-state index in [0.29, 0.717) is 24.1 Å². The summed E-state index contributed by atoms with van der Waals surface area (Å²) in [5.74, 6) is -4.66. The van der Waals surface area contributed by atoms with Crippen molar-refractivity contribution in [3.63, 3.8) is 0 Å². The molecule has 0 bridgehead atoms. The van der Waals surface area contributed by atoms with Gasteiger partial charge in [-0.15, -0.1) is 0 Å². The molecule has 1 heterocycles. The Labute approximate surface area is 217 Å². The minimum Gasteiger partial charge on any atom is -0.489 e. The molecule has 13 nitrogen and oxygen atoms in total. The Balaban J connectivity index is 2.01. The SMILES string of the molecule is COCCN(C(=O)c1cccc2c1OCCCc1cc(N=C(N)N)ccc1C(=O)O2)[C@@H](CC(=O)O)C(=O)O. The zero-order valence-electron chi connectivity index (χ0n) is 20.6. The Morgan fingerprint density at radius 3 is 2.61 bits per heavy atom. The van der Waals surface area contributed by atoms with Crippen LogP contribution >= 0.6 is 0 Å². The van der Waals surface area contributed by atoms with Crippen LogP contribution in [0, 0.1) is 0 Å². The monoisotopic (exact) mass is 528 g/mol. The van der Waals surface area contributed by atoms with Crippen molar-refractivity contribution in [2.45, 2.75) is 25.3 Å². The first-order chi connectivity index (χ1) is 18.1. The fraction of sp³-hybridized carbons (Fsp3) is 0.320. The van der Waals surface area contributed by atoms with Gasteiger partial charge in [0.15, 0.2) is 17.5 Å². The average molecular weight is 529 g/mol. The van der Waals surface area contributed by atoms with Crippen LogP contribution in [0.3, 0.4) is 0 Å². The summed E-state index contributed by atoms with van der Waals surface area (Å²) >= 11 is 0. The first-order valence-corrected chi connectivity index (χ1v) is 11.6. The van der Waals surface area contributed by atoms with E-state index in [0.717, 1.165) is 4.90 Å². The number of fused-ring (bicyclic) bond motifs is 2. The Hall–Kier alpha value is -4.65. The molecule has 0 radical (unpaired) electrons. The second-order valence-electron chi connectivity index (χ2n) is 8.30. The highest BCUT2D eigenvalue weighted by atomic mass is 16.6. The molecule has 0 fully saturated rings. The lowest BCUT2D eigenvalue weighted by molar-refractivity contribution is -0.148. The van der Waals surface area contributed by atoms with E-state index >= 15 is 0 Å². The fourth-order valence-corrected chi connectivity index (χ4v) is 3.95. The number of nitrogens with zero attached hydrogens (tertiary/aromatic N) is 2. The Kier molecular flexibility index (Phi) is 9.22. The molecule has 3 rings (SSSR count). The fourth-order valence-electron chi connectivity index (χ4n) is 3.95. The molecule has 202 valence electrons. The summed E-state index contributed by atoms with van der Waals surface area (Å²) in [5, 5.41) is 18.9. The number of hydrogen-bond acceptors (Lipinski definition) is 8. The Morgan fingerprint density at radius 1 is 1.18 bits per heavy atom. The van der Waals surface area contributed by atoms with E-state index in [9.17, 15) is 29.4 Å². The van der Waals surface area contributed by atoms with Crippen molar-refractivity contribution in [3.05, 3.63) is 53.1 Å². The number of para-hydroxylation sites is 1. The van der Waals surface area contributed by atoms with E-state index in [4.69, 9.17) is 25.7 Å². The lowest BCUT2D eigenvalue weighted by Crippen LogP contribution is -2.47. The third kappa shape index (κ3) is 6.76. The summed E-state index contributed by atoms with van der Waals surface area (Å²) in [5.41, 5.74) is 12.2. The predicted molar refractivity (Wildman–Crippen MR) is 134 cm³/mol. The van der Waals surface area contributed by atoms with Crippen LogP contribution in [-0.4, -0.2) is 77.8 Å². The van der Waals surface area contributed by atoms with Crippen molar-refractivity contribution in [1.82, 2.24) is 4.90 Å². The molecule has 2 aromatic rings. The normalized spacial score (nSPS) is 13.6. The number of carbonyl (C=O) groups excluding carboxylic acids is 2. The van der Waals surface area contributed by atoms with Gasteiger partial charge in [0.2, 0.25) is 0 Å². The second-order valence-corrected chi connectivity index (χ2v) is 8.30. The molecule has 0 saturated heterocycles. The molecule has 0 saturated carbocycles. The quantitative estimate of drug-likeness (QED) is 0.157. The summed E-state index contributed by atoms with van der Waals surface area (Å²) < 4.78 is 16.4. The summed E-state index contributed by atoms with van der Waals surface area (Å²) in [6, 6.07) is 7.36. The molecule has 0 spiro atoms. The third-order valence-corrected chi connectivity index (χ3v) is 5.64. The van der Waals surface area contributed by atoms with Crippen LogP contribution < -0.4 is 20.9 Å². The highest BCUT2D eigenvalue weighted by molar-refractivity contribution is 6.01. The summed E-state index contributed by atoms with van der Waals surface area (Å²) in [6.07, 6.45) is 0.0231. The lowest BCUT2D eigenvalue weighted by atomic mass is 10.0. The van der Waals surface area contributed by atoms with Gasteiger partial charge in [0.05, 0.1) is 36.4 Å². The van der Waals surface area contributed by atoms with Gasteiger partial charge in [0.1, 0.15) is 6.04 Å². The van der Waals surface area contributed by atoms with E-state index in [1.807, 2.05) is 0 Å². The molecule has 1 amide bonds. The second kappa shape index (κ2) is 12.5. The van der Waals surface area contributed by atoms with Crippen LogP contribution in [0.1, 0.15) is 39.1 Å². The molecular weight excluding hydrogens is 500 g/mol. The number of rotatable bonds is 9. The topological polar surface area (TPSA) is 204 Å². The first kappa shape index (κ1) is 27.9. The number of guanidine groups is 1. The van der Waals surface area contributed by atoms with Crippen LogP contribution in [-0.2, 0) is 20.7 Å². The van der Waals surface area contributed by atoms with Crippen molar-refractivity contribution >= 4 is 35.5 Å². The largest absolute Gasteiger partial charge is 0.489 e. The van der Waals surface area contributed by atoms with Gasteiger partial charge in [-0.25, -0.2) is 14.6 Å². The molecular formula is C25H28N4O9. The van der Waals surface area contributed by atoms with Crippen LogP contribution in [0.15, 0.2) is 41.4 Å². The Bertz CT molecular complexity index is 1260. The number of amides is 1. The number of methoxy groups -OCH3 is 1. The maximum absolute atomic E-state index is 13.6. The zero-order chi connectivity index (χ0) is 27.8. The Morgan fingerprint density at radius 2 is 1.95 bits per heavy atom. The van der Waals surface area contributed by atoms with Crippen molar-refractivity contribution in [2.75, 3.05) is 26.9 Å². The van der Waals surface area contributed by atoms with E-state index < -0.39 is 36.3 Å². The van der Waals surface area contributed by atoms with E-state index in [2.05, 4.69) is 4.99 Å². The van der Waals surface area contributed by atoms with Gasteiger partial charge in [-0.3, -0.25) is 9.59 Å². The van der Waals surface area contributed by atoms with E-state index in [1.165, 1.54) is 31.4 Å². The smallest absolute Gasteiger partial charge is 0.343 e. The number of esters is 1. The zero-order valence-corrected chi connectivity index (χ0v) is 20.6. The van der Waals surface area contributed by atoms with Gasteiger partial charge in [-0.1, -0.05) is 6.07 Å². The van der Waals surface area contributed by atoms with Crippen LogP contribution in [0.5, 0.6) is 11.5 Å². The summed E-state index contributed by atoms with van der Waals surface area (Å²) in [6.45, 7) is -0.121. The molecule has 2 aromatic carbocycles. The number of carboxylic acid groups (broad SMARTS) is 2. The van der Waals surface area contributed by atoms with Crippen molar-refractivity contribution in [2.24, 2.45) is 16.5 Å². The molecule has 0 unspecified atom stereocenters. The van der Waals surface area contributed by atoms with Crippen molar-refractivity contribution < 1.29 is 43.6 Å². The highest BCUT2D eigenvalue weighted by Crippen LogP contribution is 2.35. The number of aryl methyl sites for hydroxylation is 1. The van der Waals surface area contributed by atoms with E-state index in [1.54, 1.807) is 12.1 Å². The van der Waals surface area contributed by atoms with Crippen LogP contribution in [0.4, 0.5) is 5.69 Å². The minimum atomic E-state index is -1.67. The molecule has 38 heavy (non-hydrogen) atoms. The number of carboxylic acids is 2. The van der Waals surface area contributed by atoms with Gasteiger partial charge in [-0.2, -0.15) is 0 Å². The number of benzene rings is 2. The van der Waals surface area contributed by atoms with Gasteiger partial charge >= 0.3 is 17.9 Å².